The summed E-state index contributed by atoms with van der Waals surface area (Å²) in [4.78, 5) is 64.1. The van der Waals surface area contributed by atoms with Crippen LogP contribution >= 0.6 is 11.3 Å². The zero-order chi connectivity index (χ0) is 46.2. The molecule has 63 heavy (non-hydrogen) atoms. The van der Waals surface area contributed by atoms with Crippen LogP contribution in [-0.2, 0) is 42.9 Å². The number of allylic oxidation sites excluding steroid dienone is 4. The van der Waals surface area contributed by atoms with Crippen molar-refractivity contribution >= 4 is 40.9 Å². The van der Waals surface area contributed by atoms with Crippen LogP contribution in [0, 0.1) is 36.5 Å². The molecule has 1 saturated carbocycles. The number of aryl methyl sites for hydroxylation is 1. The van der Waals surface area contributed by atoms with Crippen LogP contribution in [0.4, 0.5) is 0 Å². The first kappa shape index (κ1) is 50.8. The lowest BCUT2D eigenvalue weighted by Crippen LogP contribution is -2.64. The summed E-state index contributed by atoms with van der Waals surface area (Å²) in [5.41, 5.74) is 4.22. The molecule has 14 atom stereocenters. The number of methoxy groups -OCH3 is 3. The Morgan fingerprint density at radius 3 is 2.30 bits per heavy atom. The summed E-state index contributed by atoms with van der Waals surface area (Å²) in [6.07, 6.45) is 6.93. The van der Waals surface area contributed by atoms with E-state index in [1.165, 1.54) is 19.1 Å². The number of cyclic esters (lactones) is 1. The van der Waals surface area contributed by atoms with Crippen molar-refractivity contribution in [2.45, 2.75) is 167 Å². The number of amides is 1. The van der Waals surface area contributed by atoms with Crippen molar-refractivity contribution in [3.63, 3.8) is 0 Å². The van der Waals surface area contributed by atoms with E-state index >= 15 is 0 Å². The number of thiazole rings is 1. The lowest BCUT2D eigenvalue weighted by Gasteiger charge is -2.47. The highest BCUT2D eigenvalue weighted by Crippen LogP contribution is 2.39. The van der Waals surface area contributed by atoms with Crippen molar-refractivity contribution in [3.8, 4) is 0 Å². The van der Waals surface area contributed by atoms with Gasteiger partial charge in [0.25, 0.3) is 11.7 Å². The first-order chi connectivity index (χ1) is 29.9. The molecule has 0 unspecified atom stereocenters. The number of rotatable bonds is 8. The molecule has 1 amide bonds. The molecule has 3 fully saturated rings. The second-order valence-electron chi connectivity index (χ2n) is 18.7. The highest BCUT2D eigenvalue weighted by molar-refractivity contribution is 7.09. The number of esters is 1. The second kappa shape index (κ2) is 22.8. The van der Waals surface area contributed by atoms with Gasteiger partial charge in [0.2, 0.25) is 5.79 Å². The average Bonchev–Trinajstić information content (AvgIpc) is 3.68. The minimum Gasteiger partial charge on any atom is -0.456 e. The van der Waals surface area contributed by atoms with E-state index in [1.54, 1.807) is 37.8 Å². The summed E-state index contributed by atoms with van der Waals surface area (Å²) in [5, 5.41) is 34.6. The smallest absolute Gasteiger partial charge is 0.329 e. The number of aliphatic hydroxyl groups excluding tert-OH is 2. The van der Waals surface area contributed by atoms with Gasteiger partial charge >= 0.3 is 5.97 Å². The fraction of sp³-hybridized carbons (Fsp3) is 0.729. The van der Waals surface area contributed by atoms with Crippen molar-refractivity contribution < 1.29 is 58.2 Å². The molecule has 2 bridgehead atoms. The van der Waals surface area contributed by atoms with Gasteiger partial charge in [0.05, 0.1) is 41.7 Å². The molecule has 1 aliphatic carbocycles. The zero-order valence-electron chi connectivity index (χ0n) is 38.7. The minimum atomic E-state index is -2.52. The lowest BCUT2D eigenvalue weighted by molar-refractivity contribution is -0.302. The SMILES string of the molecule is CO[C@H]1C[C@@H](C)C/C(C)=C/[C@@H](C/C=C/c2ncsc2C)C(=O)C[C@H](O)[C@@H](C)[C@@H](/C(C)=C/[C@@H]2CC[C@@H](O)[C@H](OC)C2)OC(=O)[C@@H]2CCCCN2C(=O)C(=O)[C@]2(O)O[C@H]1[C@@H](OC)C[C@H]2C. The van der Waals surface area contributed by atoms with Gasteiger partial charge in [-0.1, -0.05) is 44.6 Å². The van der Waals surface area contributed by atoms with Gasteiger partial charge in [0.1, 0.15) is 24.0 Å². The van der Waals surface area contributed by atoms with Crippen LogP contribution in [0.1, 0.15) is 116 Å². The summed E-state index contributed by atoms with van der Waals surface area (Å²) in [5.74, 6) is -7.90. The highest BCUT2D eigenvalue weighted by Gasteiger charge is 2.56. The molecule has 2 saturated heterocycles. The third-order valence-electron chi connectivity index (χ3n) is 13.9. The van der Waals surface area contributed by atoms with Gasteiger partial charge < -0.3 is 43.9 Å². The standard InChI is InChI=1S/C48H72N2O12S/c1-27-19-28(2)21-41(59-8)44-42(60-9)23-30(4)48(57,62-44)45(54)46(55)50-18-11-10-15-36(50)47(56)61-43(29(3)22-33-16-17-37(51)40(24-33)58-7)31(5)38(52)25-39(53)34(20-27)13-12-14-35-32(6)63-26-49-35/h12,14,20,22,26,28,30-31,33-34,36-38,40-44,51-52,57H,10-11,13,15-19,21,23-25H2,1-9H3/b14-12+,27-20+,29-22+/t28-,30+,31+,33-,34+,36-,37+,38-,40+,41-,42-,43+,44+,48+/m0/s1. The Balaban J connectivity index is 1.56. The van der Waals surface area contributed by atoms with Crippen molar-refractivity contribution in [1.29, 1.82) is 0 Å². The molecule has 0 aromatic carbocycles. The minimum absolute atomic E-state index is 0.0138. The number of Topliss-reactive ketones (excluding diaryl/α,β-unsaturated/α-hetero) is 2. The van der Waals surface area contributed by atoms with Gasteiger partial charge in [0.15, 0.2) is 0 Å². The first-order valence-electron chi connectivity index (χ1n) is 22.8. The number of hydrogen-bond acceptors (Lipinski definition) is 14. The van der Waals surface area contributed by atoms with Gasteiger partial charge in [-0.05, 0) is 108 Å². The maximum atomic E-state index is 14.5. The third kappa shape index (κ3) is 12.4. The normalized spacial score (nSPS) is 38.4. The third-order valence-corrected chi connectivity index (χ3v) is 14.7. The molecule has 1 aromatic heterocycles. The summed E-state index contributed by atoms with van der Waals surface area (Å²) >= 11 is 1.54. The van der Waals surface area contributed by atoms with Gasteiger partial charge in [-0.3, -0.25) is 14.4 Å². The molecular weight excluding hydrogens is 829 g/mol. The molecule has 3 N–H and O–H groups in total. The molecule has 15 heteroatoms. The van der Waals surface area contributed by atoms with E-state index in [1.807, 2.05) is 45.1 Å². The zero-order valence-corrected chi connectivity index (χ0v) is 39.5. The Hall–Kier alpha value is -3.15. The van der Waals surface area contributed by atoms with Crippen LogP contribution in [0.5, 0.6) is 0 Å². The number of piperidine rings is 1. The molecule has 4 aliphatic rings. The van der Waals surface area contributed by atoms with E-state index in [2.05, 4.69) is 11.9 Å². The predicted molar refractivity (Wildman–Crippen MR) is 238 cm³/mol. The number of ketones is 2. The molecular formula is C48H72N2O12S. The number of ether oxygens (including phenoxy) is 5. The molecule has 0 radical (unpaired) electrons. The van der Waals surface area contributed by atoms with E-state index in [0.29, 0.717) is 56.9 Å². The van der Waals surface area contributed by atoms with Crippen LogP contribution in [0.15, 0.2) is 34.9 Å². The summed E-state index contributed by atoms with van der Waals surface area (Å²) in [7, 11) is 4.63. The van der Waals surface area contributed by atoms with E-state index in [4.69, 9.17) is 23.7 Å². The Morgan fingerprint density at radius 1 is 0.937 bits per heavy atom. The first-order valence-corrected chi connectivity index (χ1v) is 23.7. The van der Waals surface area contributed by atoms with E-state index in [9.17, 15) is 34.5 Å². The quantitative estimate of drug-likeness (QED) is 0.158. The molecule has 0 spiro atoms. The predicted octanol–water partition coefficient (Wildman–Crippen LogP) is 5.93. The molecule has 1 aromatic rings. The lowest BCUT2D eigenvalue weighted by atomic mass is 9.81. The van der Waals surface area contributed by atoms with Gasteiger partial charge in [-0.25, -0.2) is 9.78 Å². The summed E-state index contributed by atoms with van der Waals surface area (Å²) < 4.78 is 30.0. The number of nitrogens with zero attached hydrogens (tertiary/aromatic N) is 2. The van der Waals surface area contributed by atoms with E-state index in [-0.39, 0.29) is 49.5 Å². The Bertz CT molecular complexity index is 1830. The monoisotopic (exact) mass is 900 g/mol. The summed E-state index contributed by atoms with van der Waals surface area (Å²) in [6, 6.07) is -1.16. The topological polar surface area (TPSA) is 191 Å². The van der Waals surface area contributed by atoms with Crippen LogP contribution in [0.2, 0.25) is 0 Å². The van der Waals surface area contributed by atoms with Crippen molar-refractivity contribution in [3.05, 3.63) is 45.5 Å². The maximum absolute atomic E-state index is 14.5. The van der Waals surface area contributed by atoms with Crippen molar-refractivity contribution in [2.75, 3.05) is 27.9 Å². The number of fused-ring (bicyclic) bond motifs is 3. The number of hydrogen-bond donors (Lipinski definition) is 3. The van der Waals surface area contributed by atoms with E-state index in [0.717, 1.165) is 16.1 Å². The Kier molecular flexibility index (Phi) is 18.4. The fourth-order valence-electron chi connectivity index (χ4n) is 10.0. The fourth-order valence-corrected chi connectivity index (χ4v) is 10.6. The van der Waals surface area contributed by atoms with Crippen LogP contribution in [-0.4, -0.2) is 131 Å². The molecule has 3 aliphatic heterocycles. The van der Waals surface area contributed by atoms with Crippen molar-refractivity contribution in [1.82, 2.24) is 9.88 Å². The second-order valence-corrected chi connectivity index (χ2v) is 19.7. The number of aliphatic hydroxyl groups is 3. The van der Waals surface area contributed by atoms with Gasteiger partial charge in [-0.15, -0.1) is 11.3 Å². The molecule has 4 heterocycles. The molecule has 352 valence electrons. The summed E-state index contributed by atoms with van der Waals surface area (Å²) in [6.45, 7) is 11.3. The largest absolute Gasteiger partial charge is 0.456 e. The number of aromatic nitrogens is 1. The van der Waals surface area contributed by atoms with Gasteiger partial charge in [0, 0.05) is 56.9 Å². The van der Waals surface area contributed by atoms with Crippen LogP contribution in [0.25, 0.3) is 6.08 Å². The van der Waals surface area contributed by atoms with Crippen LogP contribution in [0.3, 0.4) is 0 Å². The molecule has 5 rings (SSSR count). The average molecular weight is 901 g/mol. The van der Waals surface area contributed by atoms with Crippen molar-refractivity contribution in [2.24, 2.45) is 29.6 Å². The van der Waals surface area contributed by atoms with Crippen LogP contribution < -0.4 is 0 Å². The Labute approximate surface area is 377 Å². The highest BCUT2D eigenvalue weighted by atomic mass is 32.1. The maximum Gasteiger partial charge on any atom is 0.329 e. The molecule has 14 nitrogen and oxygen atoms in total. The van der Waals surface area contributed by atoms with E-state index < -0.39 is 83.9 Å². The van der Waals surface area contributed by atoms with Gasteiger partial charge in [-0.2, -0.15) is 0 Å². The number of carbonyl (C=O) groups excluding carboxylic acids is 4. The number of carbonyl (C=O) groups is 4. The Morgan fingerprint density at radius 2 is 1.63 bits per heavy atom.